The first kappa shape index (κ1) is 19.5. The number of benzene rings is 2. The molecule has 1 N–H and O–H groups in total. The van der Waals surface area contributed by atoms with E-state index in [1.807, 2.05) is 0 Å². The molecule has 0 saturated carbocycles. The van der Waals surface area contributed by atoms with E-state index in [1.165, 1.54) is 26.4 Å². The molecule has 1 heterocycles. The summed E-state index contributed by atoms with van der Waals surface area (Å²) in [6.07, 6.45) is 3.20. The van der Waals surface area contributed by atoms with Crippen LogP contribution in [0.25, 0.3) is 0 Å². The molecule has 1 saturated heterocycles. The monoisotopic (exact) mass is 385 g/mol. The van der Waals surface area contributed by atoms with Crippen LogP contribution < -0.4 is 19.7 Å². The standard InChI is InChI=1S/C20H23N3O5/c1-27-15-7-9-19(28-2)17(13-15)21-20(24)16-12-14(23(25)26)6-8-18(16)22-10-4-3-5-11-22/h6-9,12-13H,3-5,10-11H2,1-2H3,(H,21,24). The Balaban J connectivity index is 1.97. The highest BCUT2D eigenvalue weighted by Crippen LogP contribution is 2.32. The Morgan fingerprint density at radius 1 is 1.07 bits per heavy atom. The zero-order valence-corrected chi connectivity index (χ0v) is 15.9. The van der Waals surface area contributed by atoms with Gasteiger partial charge in [-0.3, -0.25) is 14.9 Å². The van der Waals surface area contributed by atoms with Crippen LogP contribution in [0, 0.1) is 10.1 Å². The third-order valence-electron chi connectivity index (χ3n) is 4.79. The first-order valence-corrected chi connectivity index (χ1v) is 9.10. The average Bonchev–Trinajstić information content (AvgIpc) is 2.73. The molecule has 0 aliphatic carbocycles. The minimum absolute atomic E-state index is 0.122. The second-order valence-electron chi connectivity index (χ2n) is 6.53. The minimum Gasteiger partial charge on any atom is -0.497 e. The summed E-state index contributed by atoms with van der Waals surface area (Å²) < 4.78 is 10.5. The highest BCUT2D eigenvalue weighted by atomic mass is 16.6. The Kier molecular flexibility index (Phi) is 5.98. The molecule has 2 aromatic carbocycles. The Bertz CT molecular complexity index is 878. The molecule has 1 amide bonds. The zero-order chi connectivity index (χ0) is 20.1. The van der Waals surface area contributed by atoms with E-state index < -0.39 is 10.8 Å². The molecule has 1 aliphatic heterocycles. The van der Waals surface area contributed by atoms with Crippen molar-refractivity contribution in [3.05, 3.63) is 52.1 Å². The van der Waals surface area contributed by atoms with E-state index in [-0.39, 0.29) is 11.3 Å². The molecule has 0 aromatic heterocycles. The van der Waals surface area contributed by atoms with Crippen LogP contribution in [0.1, 0.15) is 29.6 Å². The molecule has 28 heavy (non-hydrogen) atoms. The van der Waals surface area contributed by atoms with Crippen molar-refractivity contribution in [2.75, 3.05) is 37.5 Å². The molecule has 0 radical (unpaired) electrons. The van der Waals surface area contributed by atoms with Crippen LogP contribution in [0.5, 0.6) is 11.5 Å². The van der Waals surface area contributed by atoms with Gasteiger partial charge in [-0.25, -0.2) is 0 Å². The molecule has 8 heteroatoms. The number of ether oxygens (including phenoxy) is 2. The Hall–Kier alpha value is -3.29. The van der Waals surface area contributed by atoms with Crippen molar-refractivity contribution in [2.45, 2.75) is 19.3 Å². The van der Waals surface area contributed by atoms with Crippen LogP contribution >= 0.6 is 0 Å². The molecule has 2 aromatic rings. The van der Waals surface area contributed by atoms with Crippen molar-refractivity contribution in [2.24, 2.45) is 0 Å². The van der Waals surface area contributed by atoms with Crippen molar-refractivity contribution in [1.29, 1.82) is 0 Å². The van der Waals surface area contributed by atoms with Crippen LogP contribution in [0.3, 0.4) is 0 Å². The number of methoxy groups -OCH3 is 2. The molecule has 1 fully saturated rings. The maximum atomic E-state index is 13.1. The second-order valence-corrected chi connectivity index (χ2v) is 6.53. The van der Waals surface area contributed by atoms with Gasteiger partial charge in [-0.1, -0.05) is 0 Å². The van der Waals surface area contributed by atoms with Crippen LogP contribution in [0.4, 0.5) is 17.1 Å². The lowest BCUT2D eigenvalue weighted by atomic mass is 10.1. The van der Waals surface area contributed by atoms with Gasteiger partial charge in [0.05, 0.1) is 36.1 Å². The first-order chi connectivity index (χ1) is 13.5. The third kappa shape index (κ3) is 4.16. The topological polar surface area (TPSA) is 93.9 Å². The molecule has 0 unspecified atom stereocenters. The van der Waals surface area contributed by atoms with Gasteiger partial charge in [-0.05, 0) is 37.5 Å². The van der Waals surface area contributed by atoms with E-state index in [1.54, 1.807) is 24.3 Å². The summed E-state index contributed by atoms with van der Waals surface area (Å²) in [5.41, 5.74) is 1.28. The van der Waals surface area contributed by atoms with Crippen LogP contribution in [0.2, 0.25) is 0 Å². The van der Waals surface area contributed by atoms with Gasteiger partial charge in [-0.2, -0.15) is 0 Å². The molecule has 0 spiro atoms. The number of hydrogen-bond acceptors (Lipinski definition) is 6. The van der Waals surface area contributed by atoms with Crippen LogP contribution in [-0.4, -0.2) is 38.1 Å². The molecule has 0 bridgehead atoms. The zero-order valence-electron chi connectivity index (χ0n) is 15.9. The molecule has 148 valence electrons. The molecule has 3 rings (SSSR count). The number of non-ortho nitro benzene ring substituents is 1. The maximum absolute atomic E-state index is 13.1. The van der Waals surface area contributed by atoms with Crippen molar-refractivity contribution in [3.63, 3.8) is 0 Å². The van der Waals surface area contributed by atoms with Crippen molar-refractivity contribution in [1.82, 2.24) is 0 Å². The van der Waals surface area contributed by atoms with Crippen molar-refractivity contribution in [3.8, 4) is 11.5 Å². The van der Waals surface area contributed by atoms with Gasteiger partial charge >= 0.3 is 0 Å². The van der Waals surface area contributed by atoms with Gasteiger partial charge in [0.15, 0.2) is 0 Å². The normalized spacial score (nSPS) is 13.7. The fourth-order valence-electron chi connectivity index (χ4n) is 3.33. The Labute approximate surface area is 163 Å². The Morgan fingerprint density at radius 3 is 2.46 bits per heavy atom. The number of anilines is 2. The van der Waals surface area contributed by atoms with Crippen LogP contribution in [-0.2, 0) is 0 Å². The van der Waals surface area contributed by atoms with E-state index >= 15 is 0 Å². The quantitative estimate of drug-likeness (QED) is 0.599. The third-order valence-corrected chi connectivity index (χ3v) is 4.79. The summed E-state index contributed by atoms with van der Waals surface area (Å²) in [4.78, 5) is 25.9. The number of nitrogens with zero attached hydrogens (tertiary/aromatic N) is 2. The predicted octanol–water partition coefficient (Wildman–Crippen LogP) is 3.85. The lowest BCUT2D eigenvalue weighted by Gasteiger charge is -2.30. The van der Waals surface area contributed by atoms with Gasteiger partial charge in [-0.15, -0.1) is 0 Å². The lowest BCUT2D eigenvalue weighted by Crippen LogP contribution is -2.31. The van der Waals surface area contributed by atoms with E-state index in [4.69, 9.17) is 9.47 Å². The minimum atomic E-state index is -0.497. The fraction of sp³-hybridized carbons (Fsp3) is 0.350. The summed E-state index contributed by atoms with van der Waals surface area (Å²) in [6, 6.07) is 9.48. The number of nitrogens with one attached hydrogen (secondary N) is 1. The molecular formula is C20H23N3O5. The summed E-state index contributed by atoms with van der Waals surface area (Å²) in [7, 11) is 3.03. The molecule has 1 aliphatic rings. The summed E-state index contributed by atoms with van der Waals surface area (Å²) in [6.45, 7) is 1.64. The van der Waals surface area contributed by atoms with Gasteiger partial charge in [0.25, 0.3) is 11.6 Å². The van der Waals surface area contributed by atoms with Crippen molar-refractivity contribution < 1.29 is 19.2 Å². The smallest absolute Gasteiger partial charge is 0.270 e. The van der Waals surface area contributed by atoms with Crippen LogP contribution in [0.15, 0.2) is 36.4 Å². The fourth-order valence-corrected chi connectivity index (χ4v) is 3.33. The Morgan fingerprint density at radius 2 is 1.82 bits per heavy atom. The number of piperidine rings is 1. The number of nitro groups is 1. The molecule has 8 nitrogen and oxygen atoms in total. The molecule has 0 atom stereocenters. The van der Waals surface area contributed by atoms with E-state index in [9.17, 15) is 14.9 Å². The van der Waals surface area contributed by atoms with E-state index in [0.29, 0.717) is 22.9 Å². The summed E-state index contributed by atoms with van der Waals surface area (Å²) in [5.74, 6) is 0.598. The van der Waals surface area contributed by atoms with E-state index in [0.717, 1.165) is 32.4 Å². The van der Waals surface area contributed by atoms with Gasteiger partial charge in [0.2, 0.25) is 0 Å². The highest BCUT2D eigenvalue weighted by molar-refractivity contribution is 6.09. The second kappa shape index (κ2) is 8.60. The van der Waals surface area contributed by atoms with Gasteiger partial charge in [0, 0.05) is 31.3 Å². The largest absolute Gasteiger partial charge is 0.497 e. The molecular weight excluding hydrogens is 362 g/mol. The summed E-state index contributed by atoms with van der Waals surface area (Å²) >= 11 is 0. The first-order valence-electron chi connectivity index (χ1n) is 9.10. The lowest BCUT2D eigenvalue weighted by molar-refractivity contribution is -0.384. The number of nitro benzene ring substituents is 1. The van der Waals surface area contributed by atoms with Gasteiger partial charge in [0.1, 0.15) is 11.5 Å². The average molecular weight is 385 g/mol. The predicted molar refractivity (Wildman–Crippen MR) is 107 cm³/mol. The SMILES string of the molecule is COc1ccc(OC)c(NC(=O)c2cc([N+](=O)[O-])ccc2N2CCCCC2)c1. The van der Waals surface area contributed by atoms with Crippen molar-refractivity contribution >= 4 is 23.0 Å². The number of carbonyl (C=O) groups is 1. The number of carbonyl (C=O) groups excluding carboxylic acids is 1. The number of hydrogen-bond donors (Lipinski definition) is 1. The van der Waals surface area contributed by atoms with E-state index in [2.05, 4.69) is 10.2 Å². The number of rotatable bonds is 6. The maximum Gasteiger partial charge on any atom is 0.270 e. The van der Waals surface area contributed by atoms with Gasteiger partial charge < -0.3 is 19.7 Å². The highest BCUT2D eigenvalue weighted by Gasteiger charge is 2.22. The summed E-state index contributed by atoms with van der Waals surface area (Å²) in [5, 5.41) is 14.0. The number of amides is 1.